The van der Waals surface area contributed by atoms with Gasteiger partial charge in [-0.15, -0.1) is 0 Å². The van der Waals surface area contributed by atoms with Crippen molar-refractivity contribution in [3.05, 3.63) is 11.1 Å². The minimum absolute atomic E-state index is 0.0157. The van der Waals surface area contributed by atoms with Gasteiger partial charge in [0.25, 0.3) is 0 Å². The second-order valence-corrected chi connectivity index (χ2v) is 3.56. The molecule has 6 N–H and O–H groups in total. The molecule has 1 heterocycles. The van der Waals surface area contributed by atoms with Gasteiger partial charge >= 0.3 is 0 Å². The second kappa shape index (κ2) is 4.56. The number of rotatable bonds is 2. The molecule has 0 aromatic carbocycles. The molecule has 0 aliphatic heterocycles. The van der Waals surface area contributed by atoms with E-state index in [1.165, 1.54) is 11.3 Å². The highest BCUT2D eigenvalue weighted by Gasteiger charge is 1.99. The molecule has 0 aliphatic carbocycles. The number of thiazole rings is 1. The summed E-state index contributed by atoms with van der Waals surface area (Å²) >= 11 is 1.46. The maximum atomic E-state index is 5.43. The van der Waals surface area contributed by atoms with E-state index in [0.29, 0.717) is 5.13 Å². The number of aliphatic imine (C=N–C) groups is 2. The van der Waals surface area contributed by atoms with Gasteiger partial charge in [0, 0.05) is 11.1 Å². The molecule has 0 spiro atoms. The molecule has 0 fully saturated rings. The zero-order valence-corrected chi connectivity index (χ0v) is 8.58. The predicted molar refractivity (Wildman–Crippen MR) is 58.6 cm³/mol. The molecule has 0 unspecified atom stereocenters. The van der Waals surface area contributed by atoms with Gasteiger partial charge in [-0.05, 0) is 6.42 Å². The molecule has 0 saturated carbocycles. The molecule has 1 aromatic rings. The van der Waals surface area contributed by atoms with E-state index in [1.807, 2.05) is 6.92 Å². The van der Waals surface area contributed by atoms with E-state index in [9.17, 15) is 0 Å². The molecule has 7 heteroatoms. The fraction of sp³-hybridized carbons (Fsp3) is 0.286. The van der Waals surface area contributed by atoms with Gasteiger partial charge in [-0.1, -0.05) is 18.3 Å². The zero-order valence-electron chi connectivity index (χ0n) is 7.77. The van der Waals surface area contributed by atoms with Gasteiger partial charge in [-0.2, -0.15) is 9.98 Å². The average Bonchev–Trinajstić information content (AvgIpc) is 2.50. The van der Waals surface area contributed by atoms with E-state index < -0.39 is 0 Å². The summed E-state index contributed by atoms with van der Waals surface area (Å²) in [4.78, 5) is 12.7. The first-order valence-electron chi connectivity index (χ1n) is 4.00. The molecule has 6 nitrogen and oxygen atoms in total. The van der Waals surface area contributed by atoms with Gasteiger partial charge in [0.1, 0.15) is 0 Å². The summed E-state index contributed by atoms with van der Waals surface area (Å²) in [6.07, 6.45) is 2.68. The van der Waals surface area contributed by atoms with E-state index in [4.69, 9.17) is 17.2 Å². The number of nitrogens with two attached hydrogens (primary N) is 3. The molecule has 1 aromatic heterocycles. The van der Waals surface area contributed by atoms with Crippen molar-refractivity contribution >= 4 is 28.4 Å². The molecule has 0 bridgehead atoms. The van der Waals surface area contributed by atoms with E-state index in [0.717, 1.165) is 11.3 Å². The minimum atomic E-state index is -0.112. The van der Waals surface area contributed by atoms with E-state index in [1.54, 1.807) is 6.20 Å². The SMILES string of the molecule is CCc1cnc(/N=C(\N)N=C(N)N)s1. The van der Waals surface area contributed by atoms with Crippen molar-refractivity contribution in [1.29, 1.82) is 0 Å². The van der Waals surface area contributed by atoms with Crippen LogP contribution in [0.2, 0.25) is 0 Å². The summed E-state index contributed by atoms with van der Waals surface area (Å²) in [6, 6.07) is 0. The first-order chi connectivity index (χ1) is 6.61. The van der Waals surface area contributed by atoms with Crippen LogP contribution in [-0.4, -0.2) is 16.9 Å². The van der Waals surface area contributed by atoms with Crippen molar-refractivity contribution in [2.24, 2.45) is 27.2 Å². The Morgan fingerprint density at radius 2 is 2.21 bits per heavy atom. The highest BCUT2D eigenvalue weighted by molar-refractivity contribution is 7.15. The fourth-order valence-electron chi connectivity index (χ4n) is 0.768. The Bertz CT molecular complexity index is 362. The number of aromatic nitrogens is 1. The monoisotopic (exact) mass is 212 g/mol. The Hall–Kier alpha value is -1.63. The van der Waals surface area contributed by atoms with Crippen LogP contribution in [0.4, 0.5) is 5.13 Å². The number of nitrogens with zero attached hydrogens (tertiary/aromatic N) is 3. The molecular formula is C7H12N6S. The highest BCUT2D eigenvalue weighted by Crippen LogP contribution is 2.20. The molecule has 76 valence electrons. The van der Waals surface area contributed by atoms with Crippen LogP contribution < -0.4 is 17.2 Å². The Morgan fingerprint density at radius 1 is 1.50 bits per heavy atom. The van der Waals surface area contributed by atoms with Gasteiger partial charge in [0.05, 0.1) is 0 Å². The quantitative estimate of drug-likeness (QED) is 0.469. The summed E-state index contributed by atoms with van der Waals surface area (Å²) < 4.78 is 0. The van der Waals surface area contributed by atoms with Crippen LogP contribution >= 0.6 is 11.3 Å². The molecule has 0 aliphatic rings. The van der Waals surface area contributed by atoms with Crippen molar-refractivity contribution in [2.45, 2.75) is 13.3 Å². The number of guanidine groups is 2. The molecule has 1 rings (SSSR count). The number of hydrogen-bond acceptors (Lipinski definition) is 3. The van der Waals surface area contributed by atoms with E-state index >= 15 is 0 Å². The lowest BCUT2D eigenvalue weighted by molar-refractivity contribution is 1.17. The lowest BCUT2D eigenvalue weighted by atomic mass is 10.4. The van der Waals surface area contributed by atoms with Crippen LogP contribution in [0, 0.1) is 0 Å². The van der Waals surface area contributed by atoms with Crippen molar-refractivity contribution in [3.8, 4) is 0 Å². The second-order valence-electron chi connectivity index (χ2n) is 2.47. The van der Waals surface area contributed by atoms with Crippen molar-refractivity contribution in [2.75, 3.05) is 0 Å². The van der Waals surface area contributed by atoms with Gasteiger partial charge in [0.2, 0.25) is 11.1 Å². The van der Waals surface area contributed by atoms with Crippen LogP contribution in [0.15, 0.2) is 16.2 Å². The summed E-state index contributed by atoms with van der Waals surface area (Å²) in [7, 11) is 0. The largest absolute Gasteiger partial charge is 0.370 e. The third-order valence-corrected chi connectivity index (χ3v) is 2.38. The lowest BCUT2D eigenvalue weighted by Gasteiger charge is -1.90. The molecule has 0 amide bonds. The fourth-order valence-corrected chi connectivity index (χ4v) is 1.50. The summed E-state index contributed by atoms with van der Waals surface area (Å²) in [5.74, 6) is -0.0967. The van der Waals surface area contributed by atoms with Gasteiger partial charge in [0.15, 0.2) is 5.96 Å². The van der Waals surface area contributed by atoms with Crippen molar-refractivity contribution in [3.63, 3.8) is 0 Å². The Balaban J connectivity index is 2.81. The van der Waals surface area contributed by atoms with Crippen molar-refractivity contribution in [1.82, 2.24) is 4.98 Å². The Labute approximate surface area is 85.6 Å². The van der Waals surface area contributed by atoms with Crippen LogP contribution in [0.3, 0.4) is 0 Å². The van der Waals surface area contributed by atoms with Gasteiger partial charge in [-0.3, -0.25) is 0 Å². The van der Waals surface area contributed by atoms with Gasteiger partial charge < -0.3 is 17.2 Å². The topological polar surface area (TPSA) is 116 Å². The lowest BCUT2D eigenvalue weighted by Crippen LogP contribution is -2.26. The van der Waals surface area contributed by atoms with Crippen molar-refractivity contribution < 1.29 is 0 Å². The molecule has 0 saturated heterocycles. The van der Waals surface area contributed by atoms with E-state index in [2.05, 4.69) is 15.0 Å². The third-order valence-electron chi connectivity index (χ3n) is 1.34. The summed E-state index contributed by atoms with van der Waals surface area (Å²) in [6.45, 7) is 2.04. The maximum absolute atomic E-state index is 5.43. The van der Waals surface area contributed by atoms with Crippen LogP contribution in [0.1, 0.15) is 11.8 Å². The van der Waals surface area contributed by atoms with Gasteiger partial charge in [-0.25, -0.2) is 4.98 Å². The number of hydrogen-bond donors (Lipinski definition) is 3. The third kappa shape index (κ3) is 3.02. The molecule has 0 radical (unpaired) electrons. The first-order valence-corrected chi connectivity index (χ1v) is 4.82. The summed E-state index contributed by atoms with van der Waals surface area (Å²) in [5, 5.41) is 0.560. The van der Waals surface area contributed by atoms with Crippen LogP contribution in [0.5, 0.6) is 0 Å². The molecule has 0 atom stereocenters. The van der Waals surface area contributed by atoms with Crippen LogP contribution in [0.25, 0.3) is 0 Å². The first kappa shape index (κ1) is 10.5. The summed E-state index contributed by atoms with van der Waals surface area (Å²) in [5.41, 5.74) is 15.7. The van der Waals surface area contributed by atoms with E-state index in [-0.39, 0.29) is 11.9 Å². The number of aryl methyl sites for hydroxylation is 1. The standard InChI is InChI=1S/C7H12N6S/c1-2-4-3-11-7(14-4)13-6(10)12-5(8)9/h3H,2H2,1H3,(H6,8,9,10,11,12,13). The smallest absolute Gasteiger partial charge is 0.225 e. The molecular weight excluding hydrogens is 200 g/mol. The Morgan fingerprint density at radius 3 is 2.71 bits per heavy atom. The minimum Gasteiger partial charge on any atom is -0.370 e. The normalized spacial score (nSPS) is 11.4. The Kier molecular flexibility index (Phi) is 3.41. The zero-order chi connectivity index (χ0) is 10.6. The molecule has 14 heavy (non-hydrogen) atoms. The predicted octanol–water partition coefficient (Wildman–Crippen LogP) is -0.0749. The maximum Gasteiger partial charge on any atom is 0.225 e. The average molecular weight is 212 g/mol. The van der Waals surface area contributed by atoms with Crippen LogP contribution in [-0.2, 0) is 6.42 Å². The highest BCUT2D eigenvalue weighted by atomic mass is 32.1.